The van der Waals surface area contributed by atoms with E-state index >= 15 is 0 Å². The van der Waals surface area contributed by atoms with E-state index in [4.69, 9.17) is 4.74 Å². The Kier molecular flexibility index (Phi) is 14.9. The number of methoxy groups -OCH3 is 2. The Bertz CT molecular complexity index is 1390. The lowest BCUT2D eigenvalue weighted by Gasteiger charge is -2.35. The van der Waals surface area contributed by atoms with Gasteiger partial charge in [-0.3, -0.25) is 19.2 Å². The molecule has 1 aromatic carbocycles. The molecule has 1 aliphatic carbocycles. The Morgan fingerprint density at radius 1 is 1.09 bits per heavy atom. The van der Waals surface area contributed by atoms with Crippen molar-refractivity contribution in [2.24, 2.45) is 5.92 Å². The summed E-state index contributed by atoms with van der Waals surface area (Å²) in [6.07, 6.45) is 6.35. The molecule has 3 rings (SSSR count). The van der Waals surface area contributed by atoms with Gasteiger partial charge in [0.15, 0.2) is 0 Å². The van der Waals surface area contributed by atoms with E-state index < -0.39 is 51.6 Å². The number of ketones is 1. The third-order valence-electron chi connectivity index (χ3n) is 8.34. The largest absolute Gasteiger partial charge is 0.496 e. The van der Waals surface area contributed by atoms with Crippen molar-refractivity contribution in [3.05, 3.63) is 35.4 Å². The Labute approximate surface area is 272 Å². The van der Waals surface area contributed by atoms with Crippen LogP contribution in [0.2, 0.25) is 0 Å². The van der Waals surface area contributed by atoms with Crippen LogP contribution in [0.25, 0.3) is 0 Å². The number of amides is 3. The maximum absolute atomic E-state index is 13.4. The smallest absolute Gasteiger partial charge is 0.376 e. The number of nitrogens with zero attached hydrogens (tertiary/aromatic N) is 2. The summed E-state index contributed by atoms with van der Waals surface area (Å²) in [4.78, 5) is 63.8. The molecule has 1 heterocycles. The van der Waals surface area contributed by atoms with Crippen molar-refractivity contribution >= 4 is 40.0 Å². The molecule has 2 aliphatic rings. The second-order valence-electron chi connectivity index (χ2n) is 11.6. The summed E-state index contributed by atoms with van der Waals surface area (Å²) in [6.45, 7) is 10.9. The Balaban J connectivity index is 0.00000136. The summed E-state index contributed by atoms with van der Waals surface area (Å²) >= 11 is 0. The molecule has 1 saturated carbocycles. The van der Waals surface area contributed by atoms with Crippen LogP contribution in [0.1, 0.15) is 62.1 Å². The number of hydrogen-bond acceptors (Lipinski definition) is 9. The number of hydrogen-bond donors (Lipinski definition) is 2. The first kappa shape index (κ1) is 38.4. The highest BCUT2D eigenvalue weighted by atomic mass is 32.2. The zero-order valence-electron chi connectivity index (χ0n) is 27.7. The van der Waals surface area contributed by atoms with Crippen LogP contribution in [-0.2, 0) is 38.7 Å². The number of carbonyl (C=O) groups excluding carboxylic acids is 5. The molecule has 2 fully saturated rings. The van der Waals surface area contributed by atoms with E-state index in [1.165, 1.54) is 23.3 Å². The fourth-order valence-electron chi connectivity index (χ4n) is 5.70. The minimum atomic E-state index is -3.87. The second kappa shape index (κ2) is 17.8. The number of aryl methyl sites for hydroxylation is 1. The van der Waals surface area contributed by atoms with E-state index in [-0.39, 0.29) is 31.1 Å². The Hall–Kier alpha value is -3.78. The maximum Gasteiger partial charge on any atom is 0.376 e. The van der Waals surface area contributed by atoms with E-state index in [0.29, 0.717) is 49.0 Å². The van der Waals surface area contributed by atoms with E-state index in [1.807, 2.05) is 6.08 Å². The van der Waals surface area contributed by atoms with Gasteiger partial charge in [-0.05, 0) is 81.5 Å². The number of Topliss-reactive ketones (excluding diaryl/α,β-unsaturated/α-hetero) is 1. The monoisotopic (exact) mass is 664 g/mol. The molecule has 1 aliphatic heterocycles. The summed E-state index contributed by atoms with van der Waals surface area (Å²) in [5.74, 6) is -2.88. The molecular formula is C32H48N4O9S. The van der Waals surface area contributed by atoms with E-state index in [0.717, 1.165) is 19.1 Å². The first-order valence-corrected chi connectivity index (χ1v) is 16.9. The summed E-state index contributed by atoms with van der Waals surface area (Å²) in [6, 6.07) is 0.0938. The van der Waals surface area contributed by atoms with Gasteiger partial charge < -0.3 is 24.6 Å². The van der Waals surface area contributed by atoms with Crippen LogP contribution in [-0.4, -0.2) is 101 Å². The molecule has 0 aromatic heterocycles. The van der Waals surface area contributed by atoms with E-state index in [1.54, 1.807) is 26.8 Å². The van der Waals surface area contributed by atoms with Crippen LogP contribution in [0.3, 0.4) is 0 Å². The highest BCUT2D eigenvalue weighted by Gasteiger charge is 2.38. The molecule has 1 aromatic rings. The molecule has 46 heavy (non-hydrogen) atoms. The number of allylic oxidation sites excluding steroid dienone is 1. The lowest BCUT2D eigenvalue weighted by molar-refractivity contribution is -0.154. The number of esters is 1. The molecule has 0 radical (unpaired) electrons. The first-order chi connectivity index (χ1) is 21.7. The van der Waals surface area contributed by atoms with Gasteiger partial charge in [0.05, 0.1) is 32.2 Å². The van der Waals surface area contributed by atoms with Gasteiger partial charge in [0, 0.05) is 19.1 Å². The first-order valence-electron chi connectivity index (χ1n) is 15.4. The zero-order valence-corrected chi connectivity index (χ0v) is 28.5. The molecule has 1 saturated heterocycles. The second-order valence-corrected chi connectivity index (χ2v) is 13.2. The number of benzene rings is 1. The molecule has 256 valence electrons. The average Bonchev–Trinajstić information content (AvgIpc) is 3.02. The van der Waals surface area contributed by atoms with Crippen LogP contribution in [0.5, 0.6) is 5.75 Å². The lowest BCUT2D eigenvalue weighted by Crippen LogP contribution is -2.56. The highest BCUT2D eigenvalue weighted by Crippen LogP contribution is 2.33. The van der Waals surface area contributed by atoms with Crippen molar-refractivity contribution < 1.29 is 41.9 Å². The minimum absolute atomic E-state index is 0.142. The predicted octanol–water partition coefficient (Wildman–Crippen LogP) is 1.96. The van der Waals surface area contributed by atoms with Crippen molar-refractivity contribution in [1.29, 1.82) is 0 Å². The molecule has 14 heteroatoms. The fourth-order valence-corrected chi connectivity index (χ4v) is 7.53. The lowest BCUT2D eigenvalue weighted by atomic mass is 9.80. The van der Waals surface area contributed by atoms with Crippen LogP contribution < -0.4 is 14.8 Å². The zero-order chi connectivity index (χ0) is 34.6. The molecule has 2 N–H and O–H groups in total. The van der Waals surface area contributed by atoms with Crippen LogP contribution in [0, 0.1) is 26.7 Å². The van der Waals surface area contributed by atoms with E-state index in [2.05, 4.69) is 28.3 Å². The number of sulfonamides is 1. The van der Waals surface area contributed by atoms with E-state index in [9.17, 15) is 32.4 Å². The molecule has 0 spiro atoms. The quantitative estimate of drug-likeness (QED) is 0.139. The fraction of sp³-hybridized carbons (Fsp3) is 0.594. The van der Waals surface area contributed by atoms with Crippen molar-refractivity contribution in [1.82, 2.24) is 19.8 Å². The van der Waals surface area contributed by atoms with Gasteiger partial charge in [-0.1, -0.05) is 19.4 Å². The van der Waals surface area contributed by atoms with Gasteiger partial charge in [-0.2, -0.15) is 0 Å². The molecule has 1 atom stereocenters. The molecule has 3 amide bonds. The molecule has 1 unspecified atom stereocenters. The standard InChI is InChI=1S/C27H38N4O9S.C5H10/c1-16-12-21(39-4)17(2)18(3)26(16)41(37,38)29-20-8-6-19(7-9-20)24(25(35)27(36)40-5)28-22(33)13-31-11-10-30(15-32)14-23(31)34;1-3-5-4-2/h12,15,19-20,24,29H,6-11,13-14H2,1-5H3,(H,28,33);3H,1,4-5H2,2H3. The molecular weight excluding hydrogens is 616 g/mol. The average molecular weight is 665 g/mol. The van der Waals surface area contributed by atoms with Crippen LogP contribution in [0.15, 0.2) is 23.6 Å². The van der Waals surface area contributed by atoms with Gasteiger partial charge in [0.1, 0.15) is 11.8 Å². The number of nitrogens with one attached hydrogen (secondary N) is 2. The van der Waals surface area contributed by atoms with Gasteiger partial charge in [0.25, 0.3) is 5.78 Å². The third-order valence-corrected chi connectivity index (χ3v) is 10.2. The molecule has 0 bridgehead atoms. The normalized spacial score (nSPS) is 18.9. The molecule has 13 nitrogen and oxygen atoms in total. The summed E-state index contributed by atoms with van der Waals surface area (Å²) in [5.41, 5.74) is 1.89. The number of unbranched alkanes of at least 4 members (excludes halogenated alkanes) is 1. The summed E-state index contributed by atoms with van der Waals surface area (Å²) in [5, 5.41) is 2.60. The van der Waals surface area contributed by atoms with Gasteiger partial charge >= 0.3 is 5.97 Å². The van der Waals surface area contributed by atoms with Gasteiger partial charge in [-0.15, -0.1) is 6.58 Å². The summed E-state index contributed by atoms with van der Waals surface area (Å²) < 4.78 is 39.5. The van der Waals surface area contributed by atoms with Gasteiger partial charge in [0.2, 0.25) is 28.2 Å². The maximum atomic E-state index is 13.4. The van der Waals surface area contributed by atoms with Crippen molar-refractivity contribution in [3.8, 4) is 5.75 Å². The third kappa shape index (κ3) is 10.1. The van der Waals surface area contributed by atoms with Crippen molar-refractivity contribution in [3.63, 3.8) is 0 Å². The van der Waals surface area contributed by atoms with Crippen LogP contribution in [0.4, 0.5) is 0 Å². The van der Waals surface area contributed by atoms with Crippen LogP contribution >= 0.6 is 0 Å². The summed E-state index contributed by atoms with van der Waals surface area (Å²) in [7, 11) is -1.27. The van der Waals surface area contributed by atoms with Crippen molar-refractivity contribution in [2.75, 3.05) is 40.4 Å². The topological polar surface area (TPSA) is 168 Å². The Morgan fingerprint density at radius 3 is 2.24 bits per heavy atom. The predicted molar refractivity (Wildman–Crippen MR) is 172 cm³/mol. The minimum Gasteiger partial charge on any atom is -0.496 e. The highest BCUT2D eigenvalue weighted by molar-refractivity contribution is 7.89. The van der Waals surface area contributed by atoms with Crippen molar-refractivity contribution in [2.45, 2.75) is 83.2 Å². The number of ether oxygens (including phenoxy) is 2. The number of piperazine rings is 1. The number of carbonyl (C=O) groups is 5. The number of rotatable bonds is 13. The SMILES string of the molecule is C=CCCC.COC(=O)C(=O)C(NC(=O)CN1CCN(C=O)CC1=O)C1CCC(NS(=O)(=O)c2c(C)cc(OC)c(C)c2C)CC1. The van der Waals surface area contributed by atoms with Gasteiger partial charge in [-0.25, -0.2) is 17.9 Å². The Morgan fingerprint density at radius 2 is 1.74 bits per heavy atom.